The Morgan fingerprint density at radius 1 is 1.03 bits per heavy atom. The number of hydrogen-bond acceptors (Lipinski definition) is 3. The molecular weight excluding hydrogens is 410 g/mol. The molecule has 0 aliphatic carbocycles. The highest BCUT2D eigenvalue weighted by Crippen LogP contribution is 2.34. The largest absolute Gasteiger partial charge is 0.488 e. The number of aromatic nitrogens is 1. The Kier molecular flexibility index (Phi) is 6.28. The number of aryl methyl sites for hydroxylation is 2. The molecule has 5 heteroatoms. The van der Waals surface area contributed by atoms with Crippen molar-refractivity contribution in [3.05, 3.63) is 89.1 Å². The van der Waals surface area contributed by atoms with E-state index in [2.05, 4.69) is 41.1 Å². The minimum absolute atomic E-state index is 0.216. The van der Waals surface area contributed by atoms with Crippen molar-refractivity contribution in [2.45, 2.75) is 19.4 Å². The Labute approximate surface area is 187 Å². The number of fused-ring (bicyclic) bond motifs is 1. The maximum Gasteiger partial charge on any atom is 0.305 e. The van der Waals surface area contributed by atoms with Crippen molar-refractivity contribution >= 4 is 28.5 Å². The molecule has 3 aromatic carbocycles. The zero-order valence-corrected chi connectivity index (χ0v) is 18.4. The van der Waals surface area contributed by atoms with Gasteiger partial charge in [-0.2, -0.15) is 0 Å². The molecule has 0 aliphatic rings. The van der Waals surface area contributed by atoms with Crippen molar-refractivity contribution < 1.29 is 14.3 Å². The number of benzene rings is 3. The van der Waals surface area contributed by atoms with E-state index in [9.17, 15) is 4.79 Å². The number of rotatable bonds is 7. The lowest BCUT2D eigenvalue weighted by Crippen LogP contribution is -2.03. The van der Waals surface area contributed by atoms with Gasteiger partial charge in [0.25, 0.3) is 0 Å². The molecule has 0 fully saturated rings. The fourth-order valence-corrected chi connectivity index (χ4v) is 3.84. The van der Waals surface area contributed by atoms with Crippen molar-refractivity contribution in [3.8, 4) is 16.9 Å². The van der Waals surface area contributed by atoms with Crippen LogP contribution in [0.5, 0.6) is 5.75 Å². The monoisotopic (exact) mass is 433 g/mol. The van der Waals surface area contributed by atoms with Crippen molar-refractivity contribution in [2.75, 3.05) is 7.11 Å². The molecule has 4 rings (SSSR count). The first-order chi connectivity index (χ1) is 15.0. The Morgan fingerprint density at radius 3 is 2.68 bits per heavy atom. The molecule has 0 saturated heterocycles. The van der Waals surface area contributed by atoms with E-state index in [1.807, 2.05) is 43.4 Å². The number of methoxy groups -OCH3 is 1. The molecule has 0 atom stereocenters. The highest BCUT2D eigenvalue weighted by atomic mass is 35.5. The van der Waals surface area contributed by atoms with Crippen LogP contribution in [0.4, 0.5) is 0 Å². The van der Waals surface area contributed by atoms with Gasteiger partial charge in [-0.15, -0.1) is 0 Å². The second kappa shape index (κ2) is 9.27. The molecule has 4 aromatic rings. The molecule has 0 aliphatic heterocycles. The first-order valence-corrected chi connectivity index (χ1v) is 10.5. The van der Waals surface area contributed by atoms with Gasteiger partial charge >= 0.3 is 5.97 Å². The standard InChI is InChI=1S/C26H24ClNO3/c1-28-14-13-20-16-19(9-10-24(20)28)22-15-18(8-12-26(29)30-2)7-11-25(22)31-17-21-5-3-4-6-23(21)27/h3-7,9-11,13-16H,8,12,17H2,1-2H3. The van der Waals surface area contributed by atoms with E-state index >= 15 is 0 Å². The fraction of sp³-hybridized carbons (Fsp3) is 0.192. The summed E-state index contributed by atoms with van der Waals surface area (Å²) in [7, 11) is 3.45. The highest BCUT2D eigenvalue weighted by Gasteiger charge is 2.12. The van der Waals surface area contributed by atoms with Gasteiger partial charge in [0.2, 0.25) is 0 Å². The number of esters is 1. The average Bonchev–Trinajstić information content (AvgIpc) is 3.17. The maximum absolute atomic E-state index is 11.6. The Bertz CT molecular complexity index is 1230. The second-order valence-electron chi connectivity index (χ2n) is 7.49. The third-order valence-corrected chi connectivity index (χ3v) is 5.80. The smallest absolute Gasteiger partial charge is 0.305 e. The molecule has 4 nitrogen and oxygen atoms in total. The fourth-order valence-electron chi connectivity index (χ4n) is 3.65. The summed E-state index contributed by atoms with van der Waals surface area (Å²) in [5, 5.41) is 1.85. The summed E-state index contributed by atoms with van der Waals surface area (Å²) in [5.74, 6) is 0.559. The zero-order valence-electron chi connectivity index (χ0n) is 17.6. The lowest BCUT2D eigenvalue weighted by molar-refractivity contribution is -0.140. The second-order valence-corrected chi connectivity index (χ2v) is 7.89. The lowest BCUT2D eigenvalue weighted by atomic mass is 9.98. The first kappa shape index (κ1) is 21.0. The molecule has 0 N–H and O–H groups in total. The lowest BCUT2D eigenvalue weighted by Gasteiger charge is -2.15. The van der Waals surface area contributed by atoms with Crippen LogP contribution in [-0.4, -0.2) is 17.6 Å². The summed E-state index contributed by atoms with van der Waals surface area (Å²) in [6.45, 7) is 0.377. The van der Waals surface area contributed by atoms with Gasteiger partial charge in [0.15, 0.2) is 0 Å². The summed E-state index contributed by atoms with van der Waals surface area (Å²) in [6.07, 6.45) is 3.00. The predicted octanol–water partition coefficient (Wildman–Crippen LogP) is 6.18. The molecule has 0 spiro atoms. The molecular formula is C26H24ClNO3. The van der Waals surface area contributed by atoms with Gasteiger partial charge in [-0.05, 0) is 53.9 Å². The molecule has 1 heterocycles. The van der Waals surface area contributed by atoms with Crippen LogP contribution in [0.15, 0.2) is 72.9 Å². The minimum Gasteiger partial charge on any atom is -0.488 e. The van der Waals surface area contributed by atoms with E-state index in [1.54, 1.807) is 0 Å². The van der Waals surface area contributed by atoms with Crippen LogP contribution in [0, 0.1) is 0 Å². The summed E-state index contributed by atoms with van der Waals surface area (Å²) in [5.41, 5.74) is 5.21. The van der Waals surface area contributed by atoms with E-state index in [1.165, 1.54) is 12.6 Å². The zero-order chi connectivity index (χ0) is 21.8. The molecule has 1 aromatic heterocycles. The molecule has 0 saturated carbocycles. The molecule has 0 bridgehead atoms. The Morgan fingerprint density at radius 2 is 1.87 bits per heavy atom. The van der Waals surface area contributed by atoms with Gasteiger partial charge in [0, 0.05) is 46.7 Å². The molecule has 0 amide bonds. The molecule has 158 valence electrons. The van der Waals surface area contributed by atoms with Crippen molar-refractivity contribution in [1.82, 2.24) is 4.57 Å². The molecule has 0 radical (unpaired) electrons. The van der Waals surface area contributed by atoms with Gasteiger partial charge in [-0.1, -0.05) is 41.9 Å². The van der Waals surface area contributed by atoms with Crippen LogP contribution >= 0.6 is 11.6 Å². The minimum atomic E-state index is -0.216. The van der Waals surface area contributed by atoms with Crippen molar-refractivity contribution in [1.29, 1.82) is 0 Å². The third kappa shape index (κ3) is 4.75. The van der Waals surface area contributed by atoms with Gasteiger partial charge in [-0.25, -0.2) is 0 Å². The summed E-state index contributed by atoms with van der Waals surface area (Å²) >= 11 is 6.30. The van der Waals surface area contributed by atoms with E-state index in [0.29, 0.717) is 24.5 Å². The highest BCUT2D eigenvalue weighted by molar-refractivity contribution is 6.31. The van der Waals surface area contributed by atoms with E-state index in [-0.39, 0.29) is 5.97 Å². The average molecular weight is 434 g/mol. The van der Waals surface area contributed by atoms with E-state index < -0.39 is 0 Å². The number of halogens is 1. The Balaban J connectivity index is 1.68. The number of ether oxygens (including phenoxy) is 2. The van der Waals surface area contributed by atoms with Crippen molar-refractivity contribution in [2.24, 2.45) is 7.05 Å². The van der Waals surface area contributed by atoms with Gasteiger partial charge < -0.3 is 14.0 Å². The third-order valence-electron chi connectivity index (χ3n) is 5.43. The van der Waals surface area contributed by atoms with Gasteiger partial charge in [-0.3, -0.25) is 4.79 Å². The van der Waals surface area contributed by atoms with E-state index in [4.69, 9.17) is 21.1 Å². The number of carbonyl (C=O) groups is 1. The van der Waals surface area contributed by atoms with Gasteiger partial charge in [0.05, 0.1) is 7.11 Å². The predicted molar refractivity (Wildman–Crippen MR) is 124 cm³/mol. The van der Waals surface area contributed by atoms with Crippen molar-refractivity contribution in [3.63, 3.8) is 0 Å². The molecule has 0 unspecified atom stereocenters. The normalized spacial score (nSPS) is 10.9. The Hall–Kier alpha value is -3.24. The van der Waals surface area contributed by atoms with Crippen LogP contribution in [0.3, 0.4) is 0 Å². The summed E-state index contributed by atoms with van der Waals surface area (Å²) < 4.78 is 13.1. The van der Waals surface area contributed by atoms with E-state index in [0.717, 1.165) is 33.4 Å². The number of hydrogen-bond donors (Lipinski definition) is 0. The summed E-state index contributed by atoms with van der Waals surface area (Å²) in [4.78, 5) is 11.6. The van der Waals surface area contributed by atoms with Crippen LogP contribution in [0.1, 0.15) is 17.5 Å². The van der Waals surface area contributed by atoms with Crippen LogP contribution < -0.4 is 4.74 Å². The SMILES string of the molecule is COC(=O)CCc1ccc(OCc2ccccc2Cl)c(-c2ccc3c(ccn3C)c2)c1. The maximum atomic E-state index is 11.6. The quantitative estimate of drug-likeness (QED) is 0.326. The van der Waals surface area contributed by atoms with Crippen LogP contribution in [0.2, 0.25) is 5.02 Å². The van der Waals surface area contributed by atoms with Gasteiger partial charge in [0.1, 0.15) is 12.4 Å². The first-order valence-electron chi connectivity index (χ1n) is 10.2. The molecule has 31 heavy (non-hydrogen) atoms. The number of carbonyl (C=O) groups excluding carboxylic acids is 1. The number of nitrogens with zero attached hydrogens (tertiary/aromatic N) is 1. The topological polar surface area (TPSA) is 40.5 Å². The van der Waals surface area contributed by atoms with Crippen LogP contribution in [-0.2, 0) is 29.6 Å². The summed E-state index contributed by atoms with van der Waals surface area (Å²) in [6, 6.07) is 22.2. The van der Waals surface area contributed by atoms with Crippen LogP contribution in [0.25, 0.3) is 22.0 Å².